The summed E-state index contributed by atoms with van der Waals surface area (Å²) in [6, 6.07) is 0. The molecule has 18 unspecified atom stereocenters. The first-order valence-electron chi connectivity index (χ1n) is 39.8. The van der Waals surface area contributed by atoms with Crippen molar-refractivity contribution < 1.29 is 117 Å². The molecule has 3 rings (SSSR count). The van der Waals surface area contributed by atoms with Crippen molar-refractivity contribution in [2.75, 3.05) is 26.4 Å². The highest BCUT2D eigenvalue weighted by molar-refractivity contribution is 7.47. The van der Waals surface area contributed by atoms with Gasteiger partial charge in [0.1, 0.15) is 98.7 Å². The van der Waals surface area contributed by atoms with Crippen molar-refractivity contribution in [2.45, 2.75) is 433 Å². The van der Waals surface area contributed by atoms with E-state index in [1.54, 1.807) is 0 Å². The van der Waals surface area contributed by atoms with Gasteiger partial charge in [-0.05, 0) is 19.3 Å². The fourth-order valence-electron chi connectivity index (χ4n) is 13.4. The summed E-state index contributed by atoms with van der Waals surface area (Å²) in [5.74, 6) is -1.97. The summed E-state index contributed by atoms with van der Waals surface area (Å²) in [4.78, 5) is 51.1. The zero-order chi connectivity index (χ0) is 73.2. The van der Waals surface area contributed by atoms with Crippen molar-refractivity contribution in [3.8, 4) is 0 Å². The Bertz CT molecular complexity index is 2060. The lowest BCUT2D eigenvalue weighted by Gasteiger charge is -2.49. The van der Waals surface area contributed by atoms with Gasteiger partial charge in [0.2, 0.25) is 0 Å². The summed E-state index contributed by atoms with van der Waals surface area (Å²) in [7, 11) is -5.69. The minimum absolute atomic E-state index is 0.0332. The van der Waals surface area contributed by atoms with E-state index in [1.807, 2.05) is 0 Å². The minimum atomic E-state index is -5.69. The number of esters is 3. The highest BCUT2D eigenvalue weighted by atomic mass is 31.2. The fourth-order valence-corrected chi connectivity index (χ4v) is 14.4. The van der Waals surface area contributed by atoms with Crippen molar-refractivity contribution in [1.29, 1.82) is 0 Å². The summed E-state index contributed by atoms with van der Waals surface area (Å²) < 4.78 is 65.1. The van der Waals surface area contributed by atoms with Crippen LogP contribution in [0.1, 0.15) is 329 Å². The Balaban J connectivity index is 1.70. The monoisotopic (exact) mass is 1460 g/mol. The summed E-state index contributed by atoms with van der Waals surface area (Å²) in [5, 5.41) is 110. The zero-order valence-electron chi connectivity index (χ0n) is 61.8. The lowest BCUT2D eigenvalue weighted by atomic mass is 9.84. The van der Waals surface area contributed by atoms with Gasteiger partial charge in [-0.2, -0.15) is 0 Å². The number of carbonyl (C=O) groups excluding carboxylic acids is 3. The lowest BCUT2D eigenvalue weighted by molar-refractivity contribution is -0.360. The summed E-state index contributed by atoms with van der Waals surface area (Å²) in [6.07, 6.45) is 15.8. The molecule has 3 aliphatic rings. The number of aliphatic hydroxyl groups is 10. The molecule has 0 radical (unpaired) electrons. The van der Waals surface area contributed by atoms with E-state index in [0.717, 1.165) is 89.9 Å². The molecule has 1 saturated carbocycles. The molecule has 590 valence electrons. The number of rotatable bonds is 63. The van der Waals surface area contributed by atoms with Crippen molar-refractivity contribution in [2.24, 2.45) is 0 Å². The Morgan fingerprint density at radius 1 is 0.350 bits per heavy atom. The van der Waals surface area contributed by atoms with E-state index in [4.69, 9.17) is 42.2 Å². The predicted molar refractivity (Wildman–Crippen MR) is 379 cm³/mol. The molecule has 1 aliphatic carbocycles. The molecule has 24 nitrogen and oxygen atoms in total. The molecule has 0 spiro atoms. The molecule has 0 aromatic carbocycles. The Labute approximate surface area is 600 Å². The maximum atomic E-state index is 14.4. The largest absolute Gasteiger partial charge is 0.472 e. The molecule has 2 saturated heterocycles. The van der Waals surface area contributed by atoms with Crippen molar-refractivity contribution in [3.63, 3.8) is 0 Å². The second kappa shape index (κ2) is 57.2. The van der Waals surface area contributed by atoms with E-state index in [1.165, 1.54) is 180 Å². The van der Waals surface area contributed by atoms with E-state index in [9.17, 15) is 74.9 Å². The van der Waals surface area contributed by atoms with Crippen LogP contribution in [0.2, 0.25) is 0 Å². The maximum absolute atomic E-state index is 14.4. The van der Waals surface area contributed by atoms with Crippen LogP contribution >= 0.6 is 7.82 Å². The topological polar surface area (TPSA) is 374 Å². The Morgan fingerprint density at radius 3 is 0.980 bits per heavy atom. The Kier molecular flexibility index (Phi) is 52.7. The smallest absolute Gasteiger partial charge is 0.463 e. The number of phosphoric ester groups is 1. The van der Waals surface area contributed by atoms with Crippen LogP contribution in [0.15, 0.2) is 0 Å². The summed E-state index contributed by atoms with van der Waals surface area (Å²) >= 11 is 0. The molecule has 0 amide bonds. The molecule has 25 heteroatoms. The average molecular weight is 1460 g/mol. The van der Waals surface area contributed by atoms with Crippen LogP contribution in [0, 0.1) is 0 Å². The number of aliphatic hydroxyl groups excluding tert-OH is 10. The third-order valence-corrected chi connectivity index (χ3v) is 20.9. The first-order valence-corrected chi connectivity index (χ1v) is 41.3. The number of unbranched alkanes of at least 4 members (excludes halogenated alkanes) is 42. The molecular weight excluding hydrogens is 1320 g/mol. The molecule has 2 aliphatic heterocycles. The van der Waals surface area contributed by atoms with Crippen LogP contribution in [0.3, 0.4) is 0 Å². The number of hydrogen-bond donors (Lipinski definition) is 11. The van der Waals surface area contributed by atoms with E-state index in [0.29, 0.717) is 19.3 Å². The number of ether oxygens (including phenoxy) is 7. The van der Waals surface area contributed by atoms with Gasteiger partial charge < -0.3 is 89.1 Å². The molecule has 0 aromatic heterocycles. The van der Waals surface area contributed by atoms with E-state index < -0.39 is 156 Å². The van der Waals surface area contributed by atoms with Crippen molar-refractivity contribution >= 4 is 25.7 Å². The minimum Gasteiger partial charge on any atom is -0.463 e. The van der Waals surface area contributed by atoms with Crippen molar-refractivity contribution in [1.82, 2.24) is 0 Å². The molecule has 18 atom stereocenters. The first-order chi connectivity index (χ1) is 48.3. The summed E-state index contributed by atoms with van der Waals surface area (Å²) in [5.41, 5.74) is 0. The number of carbonyl (C=O) groups is 3. The molecule has 3 fully saturated rings. The third kappa shape index (κ3) is 39.5. The highest BCUT2D eigenvalue weighted by Gasteiger charge is 2.58. The van der Waals surface area contributed by atoms with Gasteiger partial charge in [0.15, 0.2) is 18.7 Å². The Hall–Kier alpha value is -2.04. The van der Waals surface area contributed by atoms with Crippen molar-refractivity contribution in [3.05, 3.63) is 0 Å². The standard InChI is InChI=1S/C75H141O24P/c1-4-7-10-13-16-19-22-25-27-28-30-33-34-37-40-43-46-49-59(77)91-53-56(94-61(79)51-48-45-42-39-36-31-24-21-18-15-12-9-6-3)54-93-100(89,90)99-73-71(97-74-69(87)64(82)62(80)57(52-76)95-74)67(85)66(84)68(86)72(73)98-75-70(88)65(83)63(81)58(96-75)55-92-60(78)50-47-44-41-38-35-32-29-26-23-20-17-14-11-8-5-2/h56-58,62-76,80-88H,4-55H2,1-3H3,(H,89,90). The van der Waals surface area contributed by atoms with Crippen LogP contribution in [-0.4, -0.2) is 204 Å². The zero-order valence-corrected chi connectivity index (χ0v) is 62.7. The molecular formula is C75H141O24P. The van der Waals surface area contributed by atoms with Gasteiger partial charge in [-0.3, -0.25) is 23.4 Å². The van der Waals surface area contributed by atoms with Crippen LogP contribution in [0.4, 0.5) is 0 Å². The van der Waals surface area contributed by atoms with E-state index in [2.05, 4.69) is 20.8 Å². The average Bonchev–Trinajstić information content (AvgIpc) is 0.760. The normalized spacial score (nSPS) is 27.3. The van der Waals surface area contributed by atoms with Gasteiger partial charge in [-0.15, -0.1) is 0 Å². The number of phosphoric acid groups is 1. The first kappa shape index (κ1) is 92.2. The lowest BCUT2D eigenvalue weighted by Crippen LogP contribution is -2.69. The van der Waals surface area contributed by atoms with Crippen LogP contribution in [-0.2, 0) is 61.2 Å². The Morgan fingerprint density at radius 2 is 0.640 bits per heavy atom. The van der Waals surface area contributed by atoms with Gasteiger partial charge in [-0.25, -0.2) is 4.57 Å². The predicted octanol–water partition coefficient (Wildman–Crippen LogP) is 11.7. The molecule has 100 heavy (non-hydrogen) atoms. The van der Waals surface area contributed by atoms with Gasteiger partial charge >= 0.3 is 25.7 Å². The number of hydrogen-bond acceptors (Lipinski definition) is 23. The van der Waals surface area contributed by atoms with Crippen LogP contribution < -0.4 is 0 Å². The molecule has 11 N–H and O–H groups in total. The molecule has 0 aromatic rings. The van der Waals surface area contributed by atoms with Gasteiger partial charge in [0, 0.05) is 19.3 Å². The van der Waals surface area contributed by atoms with Gasteiger partial charge in [0.25, 0.3) is 0 Å². The van der Waals surface area contributed by atoms with E-state index >= 15 is 0 Å². The highest BCUT2D eigenvalue weighted by Crippen LogP contribution is 2.49. The second-order valence-corrected chi connectivity index (χ2v) is 30.2. The molecule has 2 heterocycles. The van der Waals surface area contributed by atoms with E-state index in [-0.39, 0.29) is 19.3 Å². The maximum Gasteiger partial charge on any atom is 0.472 e. The second-order valence-electron chi connectivity index (χ2n) is 28.8. The fraction of sp³-hybridized carbons (Fsp3) is 0.960. The SMILES string of the molecule is CCCCCCCCCCCCCCCCCCCC(=O)OCC(COP(=O)(O)OC1C(OC2OC(CO)C(O)C(O)C2O)C(O)C(O)C(O)C1OC1OC(COC(=O)CCCCCCCCCCCCCCCCC)C(O)C(O)C1O)OC(=O)CCCCCCCCCCCCCCC. The molecule has 0 bridgehead atoms. The summed E-state index contributed by atoms with van der Waals surface area (Å²) in [6.45, 7) is 3.50. The third-order valence-electron chi connectivity index (χ3n) is 19.9. The van der Waals surface area contributed by atoms with Crippen LogP contribution in [0.25, 0.3) is 0 Å². The van der Waals surface area contributed by atoms with Gasteiger partial charge in [-0.1, -0.05) is 290 Å². The van der Waals surface area contributed by atoms with Crippen LogP contribution in [0.5, 0.6) is 0 Å². The quantitative estimate of drug-likeness (QED) is 0.0117. The van der Waals surface area contributed by atoms with Gasteiger partial charge in [0.05, 0.1) is 13.2 Å².